The minimum Gasteiger partial charge on any atom is -0.317 e. The van der Waals surface area contributed by atoms with E-state index in [1.165, 1.54) is 18.3 Å². The Morgan fingerprint density at radius 1 is 1.26 bits per heavy atom. The molecule has 0 radical (unpaired) electrons. The predicted molar refractivity (Wildman–Crippen MR) is 107 cm³/mol. The van der Waals surface area contributed by atoms with Crippen molar-refractivity contribution in [2.75, 3.05) is 13.1 Å². The SMILES string of the molecule is CC1(S(=O)(=O)n2ncc3ccccc32)C=C(F)C=C(C2CCNCC2)C1.Cl. The van der Waals surface area contributed by atoms with Gasteiger partial charge in [0.15, 0.2) is 0 Å². The van der Waals surface area contributed by atoms with Gasteiger partial charge in [0.1, 0.15) is 10.6 Å². The largest absolute Gasteiger partial charge is 0.317 e. The van der Waals surface area contributed by atoms with E-state index in [1.807, 2.05) is 12.1 Å². The van der Waals surface area contributed by atoms with Gasteiger partial charge in [0.2, 0.25) is 0 Å². The molecule has 1 saturated heterocycles. The van der Waals surface area contributed by atoms with Gasteiger partial charge < -0.3 is 5.32 Å². The highest BCUT2D eigenvalue weighted by Gasteiger charge is 2.44. The van der Waals surface area contributed by atoms with E-state index in [1.54, 1.807) is 19.1 Å². The van der Waals surface area contributed by atoms with E-state index in [2.05, 4.69) is 10.4 Å². The third-order valence-electron chi connectivity index (χ3n) is 5.45. The maximum Gasteiger partial charge on any atom is 0.263 e. The number of rotatable bonds is 3. The van der Waals surface area contributed by atoms with Crippen molar-refractivity contribution in [3.63, 3.8) is 0 Å². The first kappa shape index (κ1) is 20.0. The van der Waals surface area contributed by atoms with Crippen molar-refractivity contribution in [3.05, 3.63) is 54.0 Å². The zero-order chi connectivity index (χ0) is 18.4. The fourth-order valence-electron chi connectivity index (χ4n) is 3.98. The minimum absolute atomic E-state index is 0. The first-order chi connectivity index (χ1) is 12.4. The molecular weight excluding hydrogens is 389 g/mol. The fourth-order valence-corrected chi connectivity index (χ4v) is 5.58. The van der Waals surface area contributed by atoms with Gasteiger partial charge in [-0.3, -0.25) is 0 Å². The summed E-state index contributed by atoms with van der Waals surface area (Å²) >= 11 is 0. The smallest absolute Gasteiger partial charge is 0.263 e. The van der Waals surface area contributed by atoms with Gasteiger partial charge in [-0.25, -0.2) is 12.8 Å². The van der Waals surface area contributed by atoms with E-state index in [0.717, 1.165) is 41.0 Å². The maximum atomic E-state index is 14.4. The Hall–Kier alpha value is -1.70. The van der Waals surface area contributed by atoms with Crippen LogP contribution < -0.4 is 5.32 Å². The third kappa shape index (κ3) is 3.44. The van der Waals surface area contributed by atoms with Gasteiger partial charge in [0.25, 0.3) is 10.0 Å². The maximum absolute atomic E-state index is 14.4. The van der Waals surface area contributed by atoms with Gasteiger partial charge in [-0.2, -0.15) is 9.19 Å². The molecule has 1 aliphatic heterocycles. The van der Waals surface area contributed by atoms with Crippen molar-refractivity contribution in [3.8, 4) is 0 Å². The number of para-hydroxylation sites is 1. The lowest BCUT2D eigenvalue weighted by Gasteiger charge is -2.34. The standard InChI is InChI=1S/C19H22FN3O2S.ClH/c1-19(11-16(10-17(20)12-19)14-6-8-21-9-7-14)26(24,25)23-18-5-3-2-4-15(18)13-22-23;/h2-5,10,12-14,21H,6-9,11H2,1H3;1H. The molecule has 0 amide bonds. The van der Waals surface area contributed by atoms with Gasteiger partial charge >= 0.3 is 0 Å². The Morgan fingerprint density at radius 3 is 2.70 bits per heavy atom. The number of hydrogen-bond donors (Lipinski definition) is 1. The second-order valence-electron chi connectivity index (χ2n) is 7.31. The van der Waals surface area contributed by atoms with E-state index < -0.39 is 20.6 Å². The fraction of sp³-hybridized carbons (Fsp3) is 0.421. The number of nitrogens with zero attached hydrogens (tertiary/aromatic N) is 2. The second kappa shape index (κ2) is 7.37. The molecule has 2 aromatic rings. The van der Waals surface area contributed by atoms with Gasteiger partial charge in [0.05, 0.1) is 11.7 Å². The van der Waals surface area contributed by atoms with Crippen LogP contribution in [0.1, 0.15) is 26.2 Å². The lowest BCUT2D eigenvalue weighted by Crippen LogP contribution is -2.41. The topological polar surface area (TPSA) is 64.0 Å². The lowest BCUT2D eigenvalue weighted by atomic mass is 9.82. The minimum atomic E-state index is -3.92. The van der Waals surface area contributed by atoms with Crippen molar-refractivity contribution in [1.29, 1.82) is 0 Å². The van der Waals surface area contributed by atoms with Crippen LogP contribution in [-0.4, -0.2) is 35.4 Å². The second-order valence-corrected chi connectivity index (χ2v) is 9.54. The summed E-state index contributed by atoms with van der Waals surface area (Å²) in [5.74, 6) is -0.257. The summed E-state index contributed by atoms with van der Waals surface area (Å²) in [5.41, 5.74) is 1.40. The first-order valence-electron chi connectivity index (χ1n) is 8.88. The number of aromatic nitrogens is 2. The summed E-state index contributed by atoms with van der Waals surface area (Å²) in [4.78, 5) is 0. The van der Waals surface area contributed by atoms with E-state index >= 15 is 0 Å². The molecule has 1 aromatic heterocycles. The number of hydrogen-bond acceptors (Lipinski definition) is 4. The van der Waals surface area contributed by atoms with Crippen LogP contribution in [0.2, 0.25) is 0 Å². The molecular formula is C19H23ClFN3O2S. The molecule has 0 bridgehead atoms. The molecule has 0 spiro atoms. The molecule has 1 atom stereocenters. The number of allylic oxidation sites excluding steroid dienone is 3. The summed E-state index contributed by atoms with van der Waals surface area (Å²) in [6.45, 7) is 3.34. The Morgan fingerprint density at radius 2 is 1.96 bits per heavy atom. The lowest BCUT2D eigenvalue weighted by molar-refractivity contribution is 0.400. The third-order valence-corrected chi connectivity index (χ3v) is 7.63. The molecule has 4 rings (SSSR count). The van der Waals surface area contributed by atoms with Crippen LogP contribution in [0.5, 0.6) is 0 Å². The first-order valence-corrected chi connectivity index (χ1v) is 10.3. The zero-order valence-corrected chi connectivity index (χ0v) is 16.7. The number of nitrogens with one attached hydrogen (secondary N) is 1. The van der Waals surface area contributed by atoms with Crippen LogP contribution in [0.25, 0.3) is 10.9 Å². The number of benzene rings is 1. The van der Waals surface area contributed by atoms with E-state index in [4.69, 9.17) is 0 Å². The quantitative estimate of drug-likeness (QED) is 0.838. The summed E-state index contributed by atoms with van der Waals surface area (Å²) in [6.07, 6.45) is 6.38. The Balaban J connectivity index is 0.00000210. The highest BCUT2D eigenvalue weighted by molar-refractivity contribution is 7.91. The van der Waals surface area contributed by atoms with Crippen LogP contribution in [0.4, 0.5) is 4.39 Å². The Labute approximate surface area is 164 Å². The van der Waals surface area contributed by atoms with Crippen molar-refractivity contribution >= 4 is 33.3 Å². The highest BCUT2D eigenvalue weighted by atomic mass is 35.5. The Bertz CT molecular complexity index is 1010. The van der Waals surface area contributed by atoms with E-state index in [9.17, 15) is 12.8 Å². The van der Waals surface area contributed by atoms with Crippen LogP contribution in [0.3, 0.4) is 0 Å². The summed E-state index contributed by atoms with van der Waals surface area (Å²) in [7, 11) is -3.92. The van der Waals surface area contributed by atoms with Crippen LogP contribution in [0, 0.1) is 5.92 Å². The molecule has 0 saturated carbocycles. The average Bonchev–Trinajstić information content (AvgIpc) is 3.06. The van der Waals surface area contributed by atoms with Crippen LogP contribution in [-0.2, 0) is 10.0 Å². The molecule has 2 heterocycles. The summed E-state index contributed by atoms with van der Waals surface area (Å²) < 4.78 is 41.0. The molecule has 146 valence electrons. The monoisotopic (exact) mass is 411 g/mol. The number of piperidine rings is 1. The van der Waals surface area contributed by atoms with E-state index in [0.29, 0.717) is 11.9 Å². The molecule has 5 nitrogen and oxygen atoms in total. The molecule has 1 unspecified atom stereocenters. The van der Waals surface area contributed by atoms with Crippen molar-refractivity contribution in [2.45, 2.75) is 30.9 Å². The molecule has 1 aliphatic carbocycles. The molecule has 1 aromatic carbocycles. The van der Waals surface area contributed by atoms with E-state index in [-0.39, 0.29) is 18.3 Å². The molecule has 8 heteroatoms. The van der Waals surface area contributed by atoms with Gasteiger partial charge in [-0.15, -0.1) is 12.4 Å². The van der Waals surface area contributed by atoms with Gasteiger partial charge in [-0.1, -0.05) is 23.8 Å². The van der Waals surface area contributed by atoms with Gasteiger partial charge in [0, 0.05) is 5.39 Å². The molecule has 27 heavy (non-hydrogen) atoms. The van der Waals surface area contributed by atoms with Crippen LogP contribution >= 0.6 is 12.4 Å². The normalized spacial score (nSPS) is 24.2. The molecule has 1 N–H and O–H groups in total. The van der Waals surface area contributed by atoms with Crippen molar-refractivity contribution in [1.82, 2.24) is 14.5 Å². The predicted octanol–water partition coefficient (Wildman–Crippen LogP) is 3.58. The summed E-state index contributed by atoms with van der Waals surface area (Å²) in [5, 5.41) is 8.13. The number of halogens is 2. The highest BCUT2D eigenvalue weighted by Crippen LogP contribution is 2.40. The number of fused-ring (bicyclic) bond motifs is 1. The van der Waals surface area contributed by atoms with Crippen molar-refractivity contribution < 1.29 is 12.8 Å². The molecule has 1 fully saturated rings. The molecule has 2 aliphatic rings. The Kier molecular flexibility index (Phi) is 5.47. The van der Waals surface area contributed by atoms with Gasteiger partial charge in [-0.05, 0) is 63.4 Å². The summed E-state index contributed by atoms with van der Waals surface area (Å²) in [6, 6.07) is 7.14. The van der Waals surface area contributed by atoms with Crippen LogP contribution in [0.15, 0.2) is 54.0 Å². The zero-order valence-electron chi connectivity index (χ0n) is 15.1. The van der Waals surface area contributed by atoms with Crippen molar-refractivity contribution in [2.24, 2.45) is 5.92 Å². The average molecular weight is 412 g/mol.